The van der Waals surface area contributed by atoms with Crippen LogP contribution < -0.4 is 10.1 Å². The fourth-order valence-corrected chi connectivity index (χ4v) is 2.05. The van der Waals surface area contributed by atoms with Crippen molar-refractivity contribution in [1.82, 2.24) is 5.32 Å². The second-order valence-electron chi connectivity index (χ2n) is 4.14. The van der Waals surface area contributed by atoms with Crippen molar-refractivity contribution in [2.75, 3.05) is 13.7 Å². The number of hydrogen-bond donors (Lipinski definition) is 3. The van der Waals surface area contributed by atoms with Crippen molar-refractivity contribution in [1.29, 1.82) is 0 Å². The Bertz CT molecular complexity index is 385. The lowest BCUT2D eigenvalue weighted by atomic mass is 10.2. The van der Waals surface area contributed by atoms with Gasteiger partial charge in [-0.2, -0.15) is 0 Å². The first-order chi connectivity index (χ1) is 8.58. The Kier molecular flexibility index (Phi) is 6.46. The van der Waals surface area contributed by atoms with Gasteiger partial charge < -0.3 is 20.3 Å². The number of ether oxygens (including phenoxy) is 1. The average molecular weight is 318 g/mol. The van der Waals surface area contributed by atoms with Crippen molar-refractivity contribution >= 4 is 15.9 Å². The van der Waals surface area contributed by atoms with E-state index in [4.69, 9.17) is 4.74 Å². The van der Waals surface area contributed by atoms with Crippen molar-refractivity contribution in [3.05, 3.63) is 22.2 Å². The summed E-state index contributed by atoms with van der Waals surface area (Å²) >= 11 is 3.40. The maximum atomic E-state index is 9.58. The van der Waals surface area contributed by atoms with Crippen LogP contribution in [0.4, 0.5) is 0 Å². The molecular weight excluding hydrogens is 298 g/mol. The van der Waals surface area contributed by atoms with E-state index in [0.29, 0.717) is 12.3 Å². The van der Waals surface area contributed by atoms with Gasteiger partial charge in [-0.25, -0.2) is 0 Å². The van der Waals surface area contributed by atoms with Gasteiger partial charge in [0.25, 0.3) is 0 Å². The van der Waals surface area contributed by atoms with Gasteiger partial charge in [0.1, 0.15) is 0 Å². The van der Waals surface area contributed by atoms with E-state index >= 15 is 0 Å². The number of phenolic OH excluding ortho intramolecular Hbond substituents is 1. The predicted molar refractivity (Wildman–Crippen MR) is 75.0 cm³/mol. The molecule has 0 aromatic heterocycles. The van der Waals surface area contributed by atoms with Gasteiger partial charge in [0.05, 0.1) is 13.2 Å². The zero-order chi connectivity index (χ0) is 13.5. The van der Waals surface area contributed by atoms with E-state index in [1.54, 1.807) is 12.1 Å². The number of halogens is 1. The van der Waals surface area contributed by atoms with E-state index in [9.17, 15) is 10.2 Å². The number of benzene rings is 1. The molecule has 0 radical (unpaired) electrons. The maximum Gasteiger partial charge on any atom is 0.160 e. The molecule has 0 aliphatic carbocycles. The Morgan fingerprint density at radius 2 is 2.17 bits per heavy atom. The lowest BCUT2D eigenvalue weighted by molar-refractivity contribution is 0.159. The third-order valence-corrected chi connectivity index (χ3v) is 3.53. The van der Waals surface area contributed by atoms with Crippen LogP contribution in [0.1, 0.15) is 25.3 Å². The zero-order valence-corrected chi connectivity index (χ0v) is 12.3. The number of hydrogen-bond acceptors (Lipinski definition) is 4. The molecule has 0 spiro atoms. The van der Waals surface area contributed by atoms with Crippen LogP contribution in [0.15, 0.2) is 16.6 Å². The minimum Gasteiger partial charge on any atom is -0.504 e. The Labute approximate surface area is 116 Å². The normalized spacial score (nSPS) is 12.4. The first-order valence-corrected chi connectivity index (χ1v) is 6.82. The predicted octanol–water partition coefficient (Wildman–Crippen LogP) is 2.41. The zero-order valence-electron chi connectivity index (χ0n) is 10.7. The summed E-state index contributed by atoms with van der Waals surface area (Å²) in [7, 11) is 1.53. The van der Waals surface area contributed by atoms with Gasteiger partial charge in [-0.3, -0.25) is 0 Å². The number of nitrogens with one attached hydrogen (secondary N) is 1. The summed E-state index contributed by atoms with van der Waals surface area (Å²) in [6.45, 7) is 3.38. The van der Waals surface area contributed by atoms with Crippen LogP contribution in [-0.4, -0.2) is 30.0 Å². The number of aliphatic hydroxyl groups is 1. The standard InChI is InChI=1S/C13H20BrNO3/c1-3-10(16)4-5-15-8-9-6-13(18-2)12(17)7-11(9)14/h6-7,10,15-17H,3-5,8H2,1-2H3. The number of methoxy groups -OCH3 is 1. The number of phenols is 1. The van der Waals surface area contributed by atoms with E-state index in [0.717, 1.165) is 29.4 Å². The van der Waals surface area contributed by atoms with Gasteiger partial charge in [0.2, 0.25) is 0 Å². The first kappa shape index (κ1) is 15.3. The Morgan fingerprint density at radius 3 is 2.78 bits per heavy atom. The lowest BCUT2D eigenvalue weighted by Crippen LogP contribution is -2.20. The van der Waals surface area contributed by atoms with Crippen LogP contribution >= 0.6 is 15.9 Å². The molecule has 1 rings (SSSR count). The molecule has 0 saturated carbocycles. The van der Waals surface area contributed by atoms with Gasteiger partial charge >= 0.3 is 0 Å². The molecule has 102 valence electrons. The van der Waals surface area contributed by atoms with Crippen molar-refractivity contribution < 1.29 is 14.9 Å². The molecule has 0 fully saturated rings. The summed E-state index contributed by atoms with van der Waals surface area (Å²) in [5.74, 6) is 0.582. The van der Waals surface area contributed by atoms with Crippen LogP contribution in [0.3, 0.4) is 0 Å². The highest BCUT2D eigenvalue weighted by atomic mass is 79.9. The maximum absolute atomic E-state index is 9.58. The van der Waals surface area contributed by atoms with Gasteiger partial charge in [-0.05, 0) is 37.1 Å². The molecule has 0 saturated heterocycles. The van der Waals surface area contributed by atoms with Crippen LogP contribution in [-0.2, 0) is 6.54 Å². The van der Waals surface area contributed by atoms with E-state index in [2.05, 4.69) is 21.2 Å². The van der Waals surface area contributed by atoms with Crippen molar-refractivity contribution in [2.45, 2.75) is 32.4 Å². The average Bonchev–Trinajstić information content (AvgIpc) is 2.36. The first-order valence-electron chi connectivity index (χ1n) is 6.02. The summed E-state index contributed by atoms with van der Waals surface area (Å²) in [5.41, 5.74) is 1.01. The van der Waals surface area contributed by atoms with Crippen LogP contribution in [0, 0.1) is 0 Å². The second-order valence-corrected chi connectivity index (χ2v) is 5.00. The van der Waals surface area contributed by atoms with Gasteiger partial charge in [-0.15, -0.1) is 0 Å². The van der Waals surface area contributed by atoms with Gasteiger partial charge in [0, 0.05) is 11.0 Å². The summed E-state index contributed by atoms with van der Waals surface area (Å²) < 4.78 is 5.90. The largest absolute Gasteiger partial charge is 0.504 e. The molecule has 0 aliphatic rings. The van der Waals surface area contributed by atoms with E-state index in [1.807, 2.05) is 6.92 Å². The third kappa shape index (κ3) is 4.48. The summed E-state index contributed by atoms with van der Waals surface area (Å²) in [6.07, 6.45) is 1.28. The van der Waals surface area contributed by atoms with E-state index in [-0.39, 0.29) is 11.9 Å². The third-order valence-electron chi connectivity index (χ3n) is 2.79. The fourth-order valence-electron chi connectivity index (χ4n) is 1.58. The van der Waals surface area contributed by atoms with Crippen molar-refractivity contribution in [2.24, 2.45) is 0 Å². The van der Waals surface area contributed by atoms with Crippen LogP contribution in [0.25, 0.3) is 0 Å². The molecule has 1 atom stereocenters. The highest BCUT2D eigenvalue weighted by Gasteiger charge is 2.08. The molecular formula is C13H20BrNO3. The van der Waals surface area contributed by atoms with Crippen LogP contribution in [0.2, 0.25) is 0 Å². The number of aromatic hydroxyl groups is 1. The molecule has 1 unspecified atom stereocenters. The molecule has 0 heterocycles. The lowest BCUT2D eigenvalue weighted by Gasteiger charge is -2.11. The van der Waals surface area contributed by atoms with Gasteiger partial charge in [-0.1, -0.05) is 22.9 Å². The minimum absolute atomic E-state index is 0.120. The summed E-state index contributed by atoms with van der Waals surface area (Å²) in [6, 6.07) is 3.42. The Balaban J connectivity index is 2.51. The SMILES string of the molecule is CCC(O)CCNCc1cc(OC)c(O)cc1Br. The van der Waals surface area contributed by atoms with Gasteiger partial charge in [0.15, 0.2) is 11.5 Å². The molecule has 0 aliphatic heterocycles. The van der Waals surface area contributed by atoms with Crippen molar-refractivity contribution in [3.63, 3.8) is 0 Å². The highest BCUT2D eigenvalue weighted by molar-refractivity contribution is 9.10. The minimum atomic E-state index is -0.240. The van der Waals surface area contributed by atoms with E-state index in [1.165, 1.54) is 7.11 Å². The number of aliphatic hydroxyl groups excluding tert-OH is 1. The molecule has 0 bridgehead atoms. The molecule has 1 aromatic rings. The molecule has 3 N–H and O–H groups in total. The molecule has 4 nitrogen and oxygen atoms in total. The molecule has 0 amide bonds. The monoisotopic (exact) mass is 317 g/mol. The topological polar surface area (TPSA) is 61.7 Å². The number of rotatable bonds is 7. The molecule has 5 heteroatoms. The summed E-state index contributed by atoms with van der Waals surface area (Å²) in [4.78, 5) is 0. The van der Waals surface area contributed by atoms with Crippen LogP contribution in [0.5, 0.6) is 11.5 Å². The Morgan fingerprint density at radius 1 is 1.44 bits per heavy atom. The second kappa shape index (κ2) is 7.61. The fraction of sp³-hybridized carbons (Fsp3) is 0.538. The summed E-state index contributed by atoms with van der Waals surface area (Å²) in [5, 5.41) is 22.3. The molecule has 1 aromatic carbocycles. The quantitative estimate of drug-likeness (QED) is 0.676. The Hall–Kier alpha value is -0.780. The van der Waals surface area contributed by atoms with Crippen molar-refractivity contribution in [3.8, 4) is 11.5 Å². The smallest absolute Gasteiger partial charge is 0.160 e. The van der Waals surface area contributed by atoms with E-state index < -0.39 is 0 Å². The molecule has 18 heavy (non-hydrogen) atoms. The highest BCUT2D eigenvalue weighted by Crippen LogP contribution is 2.32.